The van der Waals surface area contributed by atoms with Crippen molar-refractivity contribution in [3.8, 4) is 0 Å². The second kappa shape index (κ2) is 7.84. The van der Waals surface area contributed by atoms with Gasteiger partial charge in [-0.3, -0.25) is 0 Å². The van der Waals surface area contributed by atoms with E-state index in [1.54, 1.807) is 30.3 Å². The second-order valence-electron chi connectivity index (χ2n) is 5.67. The molecular formula is C19H17ClN4O2. The second-order valence-corrected chi connectivity index (χ2v) is 6.11. The fourth-order valence-electron chi connectivity index (χ4n) is 2.41. The quantitative estimate of drug-likeness (QED) is 0.594. The van der Waals surface area contributed by atoms with E-state index in [2.05, 4.69) is 20.6 Å². The average Bonchev–Trinajstić information content (AvgIpc) is 2.61. The van der Waals surface area contributed by atoms with E-state index >= 15 is 0 Å². The molecule has 0 atom stereocenters. The van der Waals surface area contributed by atoms with Gasteiger partial charge in [0.1, 0.15) is 5.82 Å². The largest absolute Gasteiger partial charge is 0.478 e. The smallest absolute Gasteiger partial charge is 0.337 e. The van der Waals surface area contributed by atoms with E-state index in [0.717, 1.165) is 11.3 Å². The van der Waals surface area contributed by atoms with Crippen LogP contribution in [0.1, 0.15) is 21.6 Å². The van der Waals surface area contributed by atoms with E-state index in [-0.39, 0.29) is 5.56 Å². The van der Waals surface area contributed by atoms with Crippen molar-refractivity contribution in [1.29, 1.82) is 0 Å². The molecular weight excluding hydrogens is 352 g/mol. The number of nitrogens with zero attached hydrogens (tertiary/aromatic N) is 2. The highest BCUT2D eigenvalue weighted by Crippen LogP contribution is 2.21. The van der Waals surface area contributed by atoms with Gasteiger partial charge >= 0.3 is 5.97 Å². The fourth-order valence-corrected chi connectivity index (χ4v) is 2.54. The summed E-state index contributed by atoms with van der Waals surface area (Å²) in [7, 11) is 0. The molecule has 7 heteroatoms. The highest BCUT2D eigenvalue weighted by atomic mass is 35.5. The molecule has 132 valence electrons. The molecule has 3 N–H and O–H groups in total. The number of carboxylic acid groups (broad SMARTS) is 1. The molecule has 0 aliphatic rings. The third-order valence-corrected chi connectivity index (χ3v) is 3.89. The molecule has 0 saturated carbocycles. The van der Waals surface area contributed by atoms with E-state index in [4.69, 9.17) is 11.6 Å². The van der Waals surface area contributed by atoms with E-state index in [1.165, 1.54) is 0 Å². The summed E-state index contributed by atoms with van der Waals surface area (Å²) in [4.78, 5) is 20.1. The molecule has 0 bridgehead atoms. The monoisotopic (exact) mass is 368 g/mol. The molecule has 0 aliphatic carbocycles. The third-order valence-electron chi connectivity index (χ3n) is 3.64. The summed E-state index contributed by atoms with van der Waals surface area (Å²) in [6.45, 7) is 2.40. The Morgan fingerprint density at radius 2 is 1.85 bits per heavy atom. The number of rotatable bonds is 6. The Bertz CT molecular complexity index is 929. The van der Waals surface area contributed by atoms with Crippen LogP contribution in [0.15, 0.2) is 54.6 Å². The SMILES string of the molecule is Cc1cc(Nc2ccccc2C(=O)O)nc(NCc2ccc(Cl)cc2)n1. The Morgan fingerprint density at radius 3 is 2.58 bits per heavy atom. The van der Waals surface area contributed by atoms with Gasteiger partial charge in [0, 0.05) is 23.3 Å². The lowest BCUT2D eigenvalue weighted by atomic mass is 10.2. The summed E-state index contributed by atoms with van der Waals surface area (Å²) in [5.74, 6) is -0.0278. The van der Waals surface area contributed by atoms with Crippen LogP contribution in [-0.4, -0.2) is 21.0 Å². The number of carbonyl (C=O) groups is 1. The summed E-state index contributed by atoms with van der Waals surface area (Å²) in [6, 6.07) is 15.9. The highest BCUT2D eigenvalue weighted by Gasteiger charge is 2.10. The maximum absolute atomic E-state index is 11.3. The number of anilines is 3. The van der Waals surface area contributed by atoms with Crippen molar-refractivity contribution in [1.82, 2.24) is 9.97 Å². The molecule has 0 radical (unpaired) electrons. The van der Waals surface area contributed by atoms with Gasteiger partial charge in [-0.2, -0.15) is 4.98 Å². The zero-order chi connectivity index (χ0) is 18.5. The first-order valence-corrected chi connectivity index (χ1v) is 8.32. The average molecular weight is 369 g/mol. The van der Waals surface area contributed by atoms with Gasteiger partial charge in [-0.15, -0.1) is 0 Å². The number of aromatic carboxylic acids is 1. The lowest BCUT2D eigenvalue weighted by Gasteiger charge is -2.11. The Balaban J connectivity index is 1.77. The van der Waals surface area contributed by atoms with Gasteiger partial charge in [0.25, 0.3) is 0 Å². The number of aromatic nitrogens is 2. The van der Waals surface area contributed by atoms with Crippen molar-refractivity contribution in [2.24, 2.45) is 0 Å². The van der Waals surface area contributed by atoms with Crippen LogP contribution in [0.2, 0.25) is 5.02 Å². The van der Waals surface area contributed by atoms with Crippen LogP contribution in [0, 0.1) is 6.92 Å². The van der Waals surface area contributed by atoms with Crippen LogP contribution in [-0.2, 0) is 6.54 Å². The van der Waals surface area contributed by atoms with E-state index in [0.29, 0.717) is 29.0 Å². The van der Waals surface area contributed by atoms with Crippen molar-refractivity contribution < 1.29 is 9.90 Å². The zero-order valence-corrected chi connectivity index (χ0v) is 14.8. The number of nitrogens with one attached hydrogen (secondary N) is 2. The van der Waals surface area contributed by atoms with E-state index < -0.39 is 5.97 Å². The van der Waals surface area contributed by atoms with Crippen LogP contribution in [0.25, 0.3) is 0 Å². The number of carboxylic acids is 1. The zero-order valence-electron chi connectivity index (χ0n) is 14.0. The van der Waals surface area contributed by atoms with E-state index in [9.17, 15) is 9.90 Å². The molecule has 2 aromatic carbocycles. The molecule has 0 amide bonds. The molecule has 0 unspecified atom stereocenters. The lowest BCUT2D eigenvalue weighted by molar-refractivity contribution is 0.0698. The van der Waals surface area contributed by atoms with Crippen molar-refractivity contribution in [3.05, 3.63) is 76.4 Å². The predicted molar refractivity (Wildman–Crippen MR) is 102 cm³/mol. The molecule has 0 spiro atoms. The standard InChI is InChI=1S/C19H17ClN4O2/c1-12-10-17(23-16-5-3-2-4-15(16)18(25)26)24-19(22-12)21-11-13-6-8-14(20)9-7-13/h2-10H,11H2,1H3,(H,25,26)(H2,21,22,23,24). The van der Waals surface area contributed by atoms with Crippen molar-refractivity contribution in [3.63, 3.8) is 0 Å². The van der Waals surface area contributed by atoms with Gasteiger partial charge in [-0.05, 0) is 36.8 Å². The molecule has 6 nitrogen and oxygen atoms in total. The van der Waals surface area contributed by atoms with Gasteiger partial charge in [0.05, 0.1) is 11.3 Å². The van der Waals surface area contributed by atoms with Crippen molar-refractivity contribution >= 4 is 35.0 Å². The van der Waals surface area contributed by atoms with Crippen molar-refractivity contribution in [2.75, 3.05) is 10.6 Å². The molecule has 1 aromatic heterocycles. The number of benzene rings is 2. The summed E-state index contributed by atoms with van der Waals surface area (Å²) in [6.07, 6.45) is 0. The first kappa shape index (κ1) is 17.7. The maximum Gasteiger partial charge on any atom is 0.337 e. The van der Waals surface area contributed by atoms with Gasteiger partial charge in [-0.1, -0.05) is 35.9 Å². The third kappa shape index (κ3) is 4.49. The Kier molecular flexibility index (Phi) is 5.34. The molecule has 3 rings (SSSR count). The van der Waals surface area contributed by atoms with Crippen LogP contribution in [0.5, 0.6) is 0 Å². The van der Waals surface area contributed by atoms with Gasteiger partial charge in [-0.25, -0.2) is 9.78 Å². The summed E-state index contributed by atoms with van der Waals surface area (Å²) >= 11 is 5.89. The molecule has 3 aromatic rings. The first-order valence-electron chi connectivity index (χ1n) is 7.94. The van der Waals surface area contributed by atoms with Gasteiger partial charge < -0.3 is 15.7 Å². The Labute approximate surface area is 155 Å². The number of aryl methyl sites for hydroxylation is 1. The summed E-state index contributed by atoms with van der Waals surface area (Å²) in [5, 5.41) is 16.2. The predicted octanol–water partition coefficient (Wildman–Crippen LogP) is 4.49. The Morgan fingerprint density at radius 1 is 1.12 bits per heavy atom. The number of halogens is 1. The minimum absolute atomic E-state index is 0.180. The number of hydrogen-bond donors (Lipinski definition) is 3. The lowest BCUT2D eigenvalue weighted by Crippen LogP contribution is -2.08. The van der Waals surface area contributed by atoms with Crippen LogP contribution >= 0.6 is 11.6 Å². The first-order chi connectivity index (χ1) is 12.5. The van der Waals surface area contributed by atoms with Gasteiger partial charge in [0.2, 0.25) is 5.95 Å². The topological polar surface area (TPSA) is 87.1 Å². The molecule has 26 heavy (non-hydrogen) atoms. The van der Waals surface area contributed by atoms with Crippen molar-refractivity contribution in [2.45, 2.75) is 13.5 Å². The molecule has 0 aliphatic heterocycles. The van der Waals surface area contributed by atoms with Crippen LogP contribution in [0.3, 0.4) is 0 Å². The highest BCUT2D eigenvalue weighted by molar-refractivity contribution is 6.30. The fraction of sp³-hybridized carbons (Fsp3) is 0.105. The summed E-state index contributed by atoms with van der Waals surface area (Å²) < 4.78 is 0. The maximum atomic E-state index is 11.3. The minimum atomic E-state index is -1.00. The number of para-hydroxylation sites is 1. The minimum Gasteiger partial charge on any atom is -0.478 e. The summed E-state index contributed by atoms with van der Waals surface area (Å²) in [5.41, 5.74) is 2.46. The molecule has 0 saturated heterocycles. The normalized spacial score (nSPS) is 10.4. The Hall–Kier alpha value is -3.12. The number of hydrogen-bond acceptors (Lipinski definition) is 5. The van der Waals surface area contributed by atoms with Crippen LogP contribution in [0.4, 0.5) is 17.5 Å². The van der Waals surface area contributed by atoms with Crippen LogP contribution < -0.4 is 10.6 Å². The van der Waals surface area contributed by atoms with Gasteiger partial charge in [0.15, 0.2) is 0 Å². The molecule has 1 heterocycles. The molecule has 0 fully saturated rings. The van der Waals surface area contributed by atoms with E-state index in [1.807, 2.05) is 31.2 Å².